The predicted octanol–water partition coefficient (Wildman–Crippen LogP) is 1.59. The Hall–Kier alpha value is -2.93. The fraction of sp³-hybridized carbons (Fsp3) is 0.409. The maximum atomic E-state index is 13.1. The van der Waals surface area contributed by atoms with E-state index in [4.69, 9.17) is 0 Å². The second-order valence-corrected chi connectivity index (χ2v) is 8.01. The molecular weight excluding hydrogens is 370 g/mol. The number of anilines is 1. The quantitative estimate of drug-likeness (QED) is 0.817. The molecule has 2 atom stereocenters. The Morgan fingerprint density at radius 3 is 2.66 bits per heavy atom. The van der Waals surface area contributed by atoms with Crippen LogP contribution in [0, 0.1) is 5.41 Å². The molecule has 7 nitrogen and oxygen atoms in total. The van der Waals surface area contributed by atoms with Crippen molar-refractivity contribution < 1.29 is 19.8 Å². The number of benzene rings is 1. The number of rotatable bonds is 4. The van der Waals surface area contributed by atoms with Gasteiger partial charge in [0.1, 0.15) is 16.9 Å². The number of hydrogen-bond donors (Lipinski definition) is 2. The average molecular weight is 395 g/mol. The number of amides is 1. The van der Waals surface area contributed by atoms with E-state index >= 15 is 0 Å². The highest BCUT2D eigenvalue weighted by atomic mass is 16.4. The van der Waals surface area contributed by atoms with Crippen molar-refractivity contribution in [1.29, 1.82) is 0 Å². The van der Waals surface area contributed by atoms with Crippen molar-refractivity contribution in [3.63, 3.8) is 0 Å². The van der Waals surface area contributed by atoms with Crippen LogP contribution >= 0.6 is 0 Å². The van der Waals surface area contributed by atoms with E-state index in [-0.39, 0.29) is 25.3 Å². The molecular formula is C22H25N3O4. The van der Waals surface area contributed by atoms with Gasteiger partial charge in [0, 0.05) is 26.7 Å². The number of aliphatic hydroxyl groups excluding tert-OH is 1. The topological polar surface area (TPSA) is 94.0 Å². The minimum atomic E-state index is -1.44. The molecule has 0 bridgehead atoms. The van der Waals surface area contributed by atoms with Gasteiger partial charge in [-0.25, -0.2) is 4.98 Å². The van der Waals surface area contributed by atoms with Crippen molar-refractivity contribution in [3.05, 3.63) is 59.3 Å². The average Bonchev–Trinajstić information content (AvgIpc) is 3.10. The number of nitrogens with zero attached hydrogens (tertiary/aromatic N) is 3. The molecule has 0 saturated carbocycles. The number of pyridine rings is 1. The normalized spacial score (nSPS) is 23.7. The van der Waals surface area contributed by atoms with Gasteiger partial charge < -0.3 is 20.0 Å². The fourth-order valence-corrected chi connectivity index (χ4v) is 4.35. The van der Waals surface area contributed by atoms with E-state index < -0.39 is 17.5 Å². The van der Waals surface area contributed by atoms with Crippen molar-refractivity contribution >= 4 is 17.7 Å². The molecule has 1 saturated heterocycles. The second kappa shape index (κ2) is 7.48. The first-order valence-electron chi connectivity index (χ1n) is 9.86. The molecule has 4 rings (SSSR count). The number of piperidine rings is 1. The van der Waals surface area contributed by atoms with Crippen LogP contribution in [0.1, 0.15) is 28.0 Å². The standard InChI is InChI=1S/C22H25N3O4/c1-24-11-9-16-7-8-17(23-19(16)24)20(27)25-12-10-18(26)22(14-25,21(28)29)13-15-5-3-2-4-6-15/h2-8,18,26H,9-14H2,1H3,(H,28,29)/t18-,22+/m0/s1. The summed E-state index contributed by atoms with van der Waals surface area (Å²) in [5, 5.41) is 20.7. The lowest BCUT2D eigenvalue weighted by atomic mass is 9.72. The molecule has 1 aromatic heterocycles. The van der Waals surface area contributed by atoms with E-state index in [1.165, 1.54) is 4.90 Å². The van der Waals surface area contributed by atoms with Crippen LogP contribution in [0.4, 0.5) is 5.82 Å². The summed E-state index contributed by atoms with van der Waals surface area (Å²) >= 11 is 0. The van der Waals surface area contributed by atoms with Crippen molar-refractivity contribution in [1.82, 2.24) is 9.88 Å². The van der Waals surface area contributed by atoms with Crippen LogP contribution in [0.25, 0.3) is 0 Å². The molecule has 0 radical (unpaired) electrons. The summed E-state index contributed by atoms with van der Waals surface area (Å²) in [6, 6.07) is 12.9. The number of aliphatic carboxylic acids is 1. The Morgan fingerprint density at radius 2 is 1.93 bits per heavy atom. The number of carbonyl (C=O) groups excluding carboxylic acids is 1. The zero-order valence-corrected chi connectivity index (χ0v) is 16.4. The molecule has 0 spiro atoms. The summed E-state index contributed by atoms with van der Waals surface area (Å²) < 4.78 is 0. The van der Waals surface area contributed by atoms with Gasteiger partial charge in [0.2, 0.25) is 0 Å². The Morgan fingerprint density at radius 1 is 1.17 bits per heavy atom. The Labute approximate surface area is 169 Å². The number of fused-ring (bicyclic) bond motifs is 1. The highest BCUT2D eigenvalue weighted by molar-refractivity contribution is 5.93. The molecule has 0 unspecified atom stereocenters. The number of aromatic nitrogens is 1. The summed E-state index contributed by atoms with van der Waals surface area (Å²) in [5.41, 5.74) is 0.804. The smallest absolute Gasteiger partial charge is 0.314 e. The van der Waals surface area contributed by atoms with E-state index in [0.717, 1.165) is 29.9 Å². The zero-order valence-electron chi connectivity index (χ0n) is 16.4. The second-order valence-electron chi connectivity index (χ2n) is 8.01. The van der Waals surface area contributed by atoms with Crippen LogP contribution < -0.4 is 4.90 Å². The number of likely N-dealkylation sites (tertiary alicyclic amines) is 1. The molecule has 2 aliphatic rings. The number of hydrogen-bond acceptors (Lipinski definition) is 5. The van der Waals surface area contributed by atoms with E-state index in [0.29, 0.717) is 12.2 Å². The molecule has 2 aliphatic heterocycles. The Bertz CT molecular complexity index is 933. The Balaban J connectivity index is 1.61. The zero-order chi connectivity index (χ0) is 20.6. The molecule has 2 N–H and O–H groups in total. The van der Waals surface area contributed by atoms with Crippen LogP contribution in [-0.2, 0) is 17.6 Å². The largest absolute Gasteiger partial charge is 0.481 e. The third-order valence-corrected chi connectivity index (χ3v) is 6.11. The van der Waals surface area contributed by atoms with Gasteiger partial charge in [0.25, 0.3) is 5.91 Å². The minimum Gasteiger partial charge on any atom is -0.481 e. The number of carboxylic acid groups (broad SMARTS) is 1. The lowest BCUT2D eigenvalue weighted by Crippen LogP contribution is -2.58. The molecule has 1 amide bonds. The number of carbonyl (C=O) groups is 2. The summed E-state index contributed by atoms with van der Waals surface area (Å²) in [6.07, 6.45) is 0.260. The first-order valence-corrected chi connectivity index (χ1v) is 9.86. The van der Waals surface area contributed by atoms with Crippen LogP contribution in [-0.4, -0.2) is 64.8 Å². The molecule has 2 aromatic rings. The van der Waals surface area contributed by atoms with Gasteiger partial charge in [-0.15, -0.1) is 0 Å². The van der Waals surface area contributed by atoms with Gasteiger partial charge in [0.05, 0.1) is 6.10 Å². The highest BCUT2D eigenvalue weighted by Crippen LogP contribution is 2.35. The predicted molar refractivity (Wildman–Crippen MR) is 108 cm³/mol. The monoisotopic (exact) mass is 395 g/mol. The van der Waals surface area contributed by atoms with Crippen LogP contribution in [0.15, 0.2) is 42.5 Å². The summed E-state index contributed by atoms with van der Waals surface area (Å²) in [5.74, 6) is -0.576. The molecule has 0 aliphatic carbocycles. The van der Waals surface area contributed by atoms with Crippen LogP contribution in [0.2, 0.25) is 0 Å². The van der Waals surface area contributed by atoms with Crippen LogP contribution in [0.5, 0.6) is 0 Å². The molecule has 1 fully saturated rings. The highest BCUT2D eigenvalue weighted by Gasteiger charge is 2.50. The summed E-state index contributed by atoms with van der Waals surface area (Å²) in [6.45, 7) is 1.12. The minimum absolute atomic E-state index is 0.0498. The number of aliphatic hydroxyl groups is 1. The molecule has 1 aromatic carbocycles. The first kappa shape index (κ1) is 19.4. The van der Waals surface area contributed by atoms with E-state index in [1.807, 2.05) is 48.3 Å². The first-order chi connectivity index (χ1) is 13.9. The maximum absolute atomic E-state index is 13.1. The van der Waals surface area contributed by atoms with Gasteiger partial charge >= 0.3 is 5.97 Å². The summed E-state index contributed by atoms with van der Waals surface area (Å²) in [4.78, 5) is 33.5. The molecule has 7 heteroatoms. The van der Waals surface area contributed by atoms with E-state index in [1.54, 1.807) is 6.07 Å². The maximum Gasteiger partial charge on any atom is 0.314 e. The fourth-order valence-electron chi connectivity index (χ4n) is 4.35. The molecule has 3 heterocycles. The molecule has 29 heavy (non-hydrogen) atoms. The molecule has 152 valence electrons. The third-order valence-electron chi connectivity index (χ3n) is 6.11. The van der Waals surface area contributed by atoms with Crippen molar-refractivity contribution in [2.45, 2.75) is 25.4 Å². The summed E-state index contributed by atoms with van der Waals surface area (Å²) in [7, 11) is 1.94. The number of likely N-dealkylation sites (N-methyl/N-ethyl adjacent to an activating group) is 1. The Kier molecular flexibility index (Phi) is 5.00. The van der Waals surface area contributed by atoms with Crippen LogP contribution in [0.3, 0.4) is 0 Å². The third kappa shape index (κ3) is 3.46. The SMILES string of the molecule is CN1CCc2ccc(C(=O)N3CC[C@H](O)[C@](Cc4ccccc4)(C(=O)O)C3)nc21. The van der Waals surface area contributed by atoms with E-state index in [2.05, 4.69) is 4.98 Å². The van der Waals surface area contributed by atoms with Gasteiger partial charge in [-0.1, -0.05) is 36.4 Å². The van der Waals surface area contributed by atoms with Gasteiger partial charge in [-0.05, 0) is 36.5 Å². The van der Waals surface area contributed by atoms with Gasteiger partial charge in [-0.2, -0.15) is 0 Å². The number of carboxylic acids is 1. The van der Waals surface area contributed by atoms with Crippen molar-refractivity contribution in [2.75, 3.05) is 31.6 Å². The lowest BCUT2D eigenvalue weighted by Gasteiger charge is -2.43. The van der Waals surface area contributed by atoms with Crippen molar-refractivity contribution in [2.24, 2.45) is 5.41 Å². The van der Waals surface area contributed by atoms with Gasteiger partial charge in [0.15, 0.2) is 0 Å². The lowest BCUT2D eigenvalue weighted by molar-refractivity contribution is -0.161. The van der Waals surface area contributed by atoms with Crippen molar-refractivity contribution in [3.8, 4) is 0 Å². The van der Waals surface area contributed by atoms with E-state index in [9.17, 15) is 19.8 Å². The van der Waals surface area contributed by atoms with Gasteiger partial charge in [-0.3, -0.25) is 9.59 Å².